The molecule has 0 aliphatic heterocycles. The van der Waals surface area contributed by atoms with Crippen molar-refractivity contribution in [3.8, 4) is 23.8 Å². The normalized spacial score (nSPS) is 14.3. The summed E-state index contributed by atoms with van der Waals surface area (Å²) in [6.45, 7) is 5.33. The number of benzene rings is 2. The van der Waals surface area contributed by atoms with Crippen LogP contribution in [0, 0.1) is 12.3 Å². The Kier molecular flexibility index (Phi) is 8.85. The Morgan fingerprint density at radius 3 is 2.38 bits per heavy atom. The molecule has 1 aromatic heterocycles. The third-order valence-corrected chi connectivity index (χ3v) is 7.10. The van der Waals surface area contributed by atoms with Crippen LogP contribution in [0.4, 0.5) is 0 Å². The van der Waals surface area contributed by atoms with Crippen molar-refractivity contribution in [3.63, 3.8) is 0 Å². The van der Waals surface area contributed by atoms with Crippen LogP contribution in [0.15, 0.2) is 59.3 Å². The molecule has 2 aromatic carbocycles. The van der Waals surface area contributed by atoms with Gasteiger partial charge in [0, 0.05) is 48.4 Å². The van der Waals surface area contributed by atoms with Gasteiger partial charge in [-0.25, -0.2) is 4.98 Å². The quantitative estimate of drug-likeness (QED) is 0.343. The predicted octanol–water partition coefficient (Wildman–Crippen LogP) is 4.04. The predicted molar refractivity (Wildman–Crippen MR) is 150 cm³/mol. The lowest BCUT2D eigenvalue weighted by molar-refractivity contribution is 0.0479. The molecule has 3 N–H and O–H groups in total. The maximum Gasteiger partial charge on any atom is 0.254 e. The smallest absolute Gasteiger partial charge is 0.254 e. The maximum atomic E-state index is 14.3. The second-order valence-corrected chi connectivity index (χ2v) is 9.99. The number of aliphatic hydroxyl groups is 1. The van der Waals surface area contributed by atoms with Crippen molar-refractivity contribution in [2.24, 2.45) is 5.73 Å². The zero-order valence-electron chi connectivity index (χ0n) is 22.6. The molecule has 2 amide bonds. The van der Waals surface area contributed by atoms with E-state index in [1.807, 2.05) is 38.1 Å². The van der Waals surface area contributed by atoms with E-state index in [4.69, 9.17) is 16.6 Å². The van der Waals surface area contributed by atoms with Crippen molar-refractivity contribution in [2.45, 2.75) is 51.2 Å². The lowest BCUT2D eigenvalue weighted by Gasteiger charge is -2.34. The number of hydrogen-bond acceptors (Lipinski definition) is 6. The van der Waals surface area contributed by atoms with Gasteiger partial charge in [-0.1, -0.05) is 31.9 Å². The first-order valence-electron chi connectivity index (χ1n) is 13.5. The van der Waals surface area contributed by atoms with Gasteiger partial charge in [-0.05, 0) is 61.6 Å². The molecule has 1 saturated carbocycles. The van der Waals surface area contributed by atoms with Crippen molar-refractivity contribution in [3.05, 3.63) is 77.2 Å². The Morgan fingerprint density at radius 1 is 1.13 bits per heavy atom. The van der Waals surface area contributed by atoms with Crippen molar-refractivity contribution in [1.82, 2.24) is 14.8 Å². The van der Waals surface area contributed by atoms with Crippen LogP contribution >= 0.6 is 0 Å². The lowest BCUT2D eigenvalue weighted by atomic mass is 9.97. The summed E-state index contributed by atoms with van der Waals surface area (Å²) in [5.41, 5.74) is 7.99. The van der Waals surface area contributed by atoms with Gasteiger partial charge in [0.1, 0.15) is 6.26 Å². The number of rotatable bonds is 12. The first-order chi connectivity index (χ1) is 18.9. The summed E-state index contributed by atoms with van der Waals surface area (Å²) in [6, 6.07) is 12.6. The van der Waals surface area contributed by atoms with Crippen LogP contribution in [0.5, 0.6) is 0 Å². The minimum absolute atomic E-state index is 0.00728. The van der Waals surface area contributed by atoms with Crippen molar-refractivity contribution in [1.29, 1.82) is 0 Å². The Hall–Kier alpha value is -3.93. The average molecular weight is 529 g/mol. The molecular formula is C31H36N4O4. The Morgan fingerprint density at radius 2 is 1.82 bits per heavy atom. The molecule has 0 unspecified atom stereocenters. The van der Waals surface area contributed by atoms with Crippen molar-refractivity contribution < 1.29 is 19.1 Å². The summed E-state index contributed by atoms with van der Waals surface area (Å²) in [4.78, 5) is 35.6. The zero-order chi connectivity index (χ0) is 28.0. The first kappa shape index (κ1) is 28.1. The molecule has 0 bridgehead atoms. The van der Waals surface area contributed by atoms with Crippen LogP contribution < -0.4 is 5.73 Å². The highest BCUT2D eigenvalue weighted by Gasteiger charge is 2.52. The molecule has 0 saturated heterocycles. The topological polar surface area (TPSA) is 113 Å². The van der Waals surface area contributed by atoms with Crippen LogP contribution in [0.1, 0.15) is 71.4 Å². The van der Waals surface area contributed by atoms with Gasteiger partial charge < -0.3 is 25.1 Å². The molecule has 4 rings (SSSR count). The van der Waals surface area contributed by atoms with E-state index < -0.39 is 11.6 Å². The van der Waals surface area contributed by atoms with E-state index >= 15 is 0 Å². The molecule has 1 fully saturated rings. The maximum absolute atomic E-state index is 14.3. The van der Waals surface area contributed by atoms with Gasteiger partial charge >= 0.3 is 0 Å². The van der Waals surface area contributed by atoms with E-state index in [1.165, 1.54) is 12.5 Å². The van der Waals surface area contributed by atoms with Crippen LogP contribution in [0.2, 0.25) is 0 Å². The van der Waals surface area contributed by atoms with E-state index in [2.05, 4.69) is 10.9 Å². The SMILES string of the molecule is C#Cc1cccc(C2(N(C[C@@H](O)CN)C(=O)c3cc(C(=O)N(CCC)CCC)cc(-c4ncco4)c3)CC2)c1. The van der Waals surface area contributed by atoms with Gasteiger partial charge in [0.05, 0.1) is 17.8 Å². The zero-order valence-corrected chi connectivity index (χ0v) is 22.6. The van der Waals surface area contributed by atoms with Gasteiger partial charge in [0.25, 0.3) is 11.8 Å². The fraction of sp³-hybridized carbons (Fsp3) is 0.387. The average Bonchev–Trinajstić information content (AvgIpc) is 3.58. The molecule has 8 nitrogen and oxygen atoms in total. The second kappa shape index (κ2) is 12.3. The summed E-state index contributed by atoms with van der Waals surface area (Å²) in [5, 5.41) is 10.6. The number of oxazole rings is 1. The van der Waals surface area contributed by atoms with Gasteiger partial charge in [0.2, 0.25) is 5.89 Å². The Labute approximate surface area is 229 Å². The van der Waals surface area contributed by atoms with Crippen LogP contribution in [-0.4, -0.2) is 64.0 Å². The van der Waals surface area contributed by atoms with Crippen molar-refractivity contribution in [2.75, 3.05) is 26.2 Å². The highest BCUT2D eigenvalue weighted by atomic mass is 16.3. The van der Waals surface area contributed by atoms with E-state index in [0.717, 1.165) is 36.8 Å². The molecule has 0 spiro atoms. The minimum atomic E-state index is -0.914. The van der Waals surface area contributed by atoms with Gasteiger partial charge in [0.15, 0.2) is 0 Å². The number of aliphatic hydroxyl groups excluding tert-OH is 1. The van der Waals surface area contributed by atoms with E-state index in [-0.39, 0.29) is 24.9 Å². The van der Waals surface area contributed by atoms with Crippen LogP contribution in [-0.2, 0) is 5.54 Å². The second-order valence-electron chi connectivity index (χ2n) is 9.99. The number of amides is 2. The van der Waals surface area contributed by atoms with Crippen molar-refractivity contribution >= 4 is 11.8 Å². The fourth-order valence-electron chi connectivity index (χ4n) is 5.03. The number of aromatic nitrogens is 1. The highest BCUT2D eigenvalue weighted by molar-refractivity contribution is 6.01. The third-order valence-electron chi connectivity index (χ3n) is 7.10. The summed E-state index contributed by atoms with van der Waals surface area (Å²) in [6.07, 6.45) is 10.8. The molecule has 1 aliphatic rings. The molecule has 0 radical (unpaired) electrons. The number of nitrogens with zero attached hydrogens (tertiary/aromatic N) is 3. The van der Waals surface area contributed by atoms with E-state index in [1.54, 1.807) is 28.0 Å². The summed E-state index contributed by atoms with van der Waals surface area (Å²) < 4.78 is 5.53. The van der Waals surface area contributed by atoms with E-state index in [9.17, 15) is 14.7 Å². The number of carbonyl (C=O) groups excluding carboxylic acids is 2. The van der Waals surface area contributed by atoms with Gasteiger partial charge in [-0.15, -0.1) is 6.42 Å². The molecule has 8 heteroatoms. The third kappa shape index (κ3) is 6.06. The standard InChI is InChI=1S/C31H36N4O4/c1-4-13-34(14-5-2)29(37)24-17-23(28-33-12-15-39-28)18-25(19-24)30(38)35(21-27(36)20-32)31(10-11-31)26-9-7-8-22(6-3)16-26/h3,7-9,12,15-19,27,36H,4-5,10-11,13-14,20-21,32H2,1-2H3/t27-/m0/s1. The molecule has 3 aromatic rings. The number of hydrogen-bond donors (Lipinski definition) is 2. The molecule has 204 valence electrons. The minimum Gasteiger partial charge on any atom is -0.445 e. The summed E-state index contributed by atoms with van der Waals surface area (Å²) in [7, 11) is 0. The first-order valence-corrected chi connectivity index (χ1v) is 13.5. The molecule has 1 heterocycles. The molecule has 1 atom stereocenters. The number of terminal acetylenes is 1. The lowest BCUT2D eigenvalue weighted by Crippen LogP contribution is -2.46. The highest BCUT2D eigenvalue weighted by Crippen LogP contribution is 2.51. The molecular weight excluding hydrogens is 492 g/mol. The number of nitrogens with two attached hydrogens (primary N) is 1. The van der Waals surface area contributed by atoms with Crippen LogP contribution in [0.25, 0.3) is 11.5 Å². The summed E-state index contributed by atoms with van der Waals surface area (Å²) >= 11 is 0. The Bertz CT molecular complexity index is 1330. The summed E-state index contributed by atoms with van der Waals surface area (Å²) in [5.74, 6) is 2.50. The molecule has 1 aliphatic carbocycles. The van der Waals surface area contributed by atoms with Crippen LogP contribution in [0.3, 0.4) is 0 Å². The Balaban J connectivity index is 1.80. The molecule has 39 heavy (non-hydrogen) atoms. The van der Waals surface area contributed by atoms with Gasteiger partial charge in [-0.3, -0.25) is 9.59 Å². The number of carbonyl (C=O) groups is 2. The largest absolute Gasteiger partial charge is 0.445 e. The van der Waals surface area contributed by atoms with E-state index in [0.29, 0.717) is 35.7 Å². The monoisotopic (exact) mass is 528 g/mol. The van der Waals surface area contributed by atoms with Gasteiger partial charge in [-0.2, -0.15) is 0 Å². The fourth-order valence-corrected chi connectivity index (χ4v) is 5.03.